The first-order chi connectivity index (χ1) is 5.35. The summed E-state index contributed by atoms with van der Waals surface area (Å²) in [4.78, 5) is 0. The van der Waals surface area contributed by atoms with E-state index >= 15 is 0 Å². The van der Waals surface area contributed by atoms with Gasteiger partial charge in [0.15, 0.2) is 0 Å². The average molecular weight is 189 g/mol. The Morgan fingerprint density at radius 2 is 1.46 bits per heavy atom. The van der Waals surface area contributed by atoms with Crippen LogP contribution in [0.3, 0.4) is 0 Å². The van der Waals surface area contributed by atoms with Gasteiger partial charge in [-0.05, 0) is 12.5 Å². The molecule has 1 rings (SSSR count). The van der Waals surface area contributed by atoms with Crippen molar-refractivity contribution in [2.75, 3.05) is 6.61 Å². The highest BCUT2D eigenvalue weighted by molar-refractivity contribution is 5.12. The predicted molar refractivity (Wildman–Crippen MR) is 53.8 cm³/mol. The molecular weight excluding hydrogens is 170 g/mol. The molecule has 0 spiro atoms. The van der Waals surface area contributed by atoms with Crippen LogP contribution in [0.4, 0.5) is 0 Å². The van der Waals surface area contributed by atoms with Gasteiger partial charge >= 0.3 is 0 Å². The average Bonchev–Trinajstić information content (AvgIpc) is 2.08. The standard InChI is InChI=1S/C7H8O.C2H6O.H3N.H2O/c8-6-7-4-2-1-3-5-7;1-2-3;;/h1-5,8H,6H2;3H,2H2,1H3;1H3;1H2. The van der Waals surface area contributed by atoms with Crippen LogP contribution in [0, 0.1) is 0 Å². The second-order valence-electron chi connectivity index (χ2n) is 1.96. The highest BCUT2D eigenvalue weighted by atomic mass is 16.3. The Balaban J connectivity index is -0.000000180. The lowest BCUT2D eigenvalue weighted by Crippen LogP contribution is -1.77. The van der Waals surface area contributed by atoms with Crippen LogP contribution in [0.2, 0.25) is 0 Å². The van der Waals surface area contributed by atoms with Gasteiger partial charge < -0.3 is 21.8 Å². The van der Waals surface area contributed by atoms with Crippen molar-refractivity contribution in [2.45, 2.75) is 13.5 Å². The van der Waals surface area contributed by atoms with Crippen molar-refractivity contribution in [3.05, 3.63) is 35.9 Å². The van der Waals surface area contributed by atoms with E-state index in [9.17, 15) is 0 Å². The molecule has 0 radical (unpaired) electrons. The lowest BCUT2D eigenvalue weighted by molar-refractivity contribution is 0.282. The summed E-state index contributed by atoms with van der Waals surface area (Å²) in [6.07, 6.45) is 0. The van der Waals surface area contributed by atoms with Crippen LogP contribution >= 0.6 is 0 Å². The molecule has 0 aliphatic heterocycles. The fourth-order valence-electron chi connectivity index (χ4n) is 0.583. The van der Waals surface area contributed by atoms with Crippen LogP contribution in [-0.2, 0) is 6.61 Å². The topological polar surface area (TPSA) is 107 Å². The monoisotopic (exact) mass is 189 g/mol. The maximum absolute atomic E-state index is 8.54. The minimum atomic E-state index is 0. The number of benzene rings is 1. The molecule has 0 aliphatic carbocycles. The van der Waals surface area contributed by atoms with Gasteiger partial charge in [-0.3, -0.25) is 0 Å². The van der Waals surface area contributed by atoms with Crippen molar-refractivity contribution in [3.8, 4) is 0 Å². The first-order valence-corrected chi connectivity index (χ1v) is 3.60. The van der Waals surface area contributed by atoms with Crippen molar-refractivity contribution in [3.63, 3.8) is 0 Å². The quantitative estimate of drug-likeness (QED) is 0.599. The minimum Gasteiger partial charge on any atom is -0.412 e. The molecule has 1 aromatic carbocycles. The molecule has 4 nitrogen and oxygen atoms in total. The van der Waals surface area contributed by atoms with Gasteiger partial charge in [0.2, 0.25) is 0 Å². The largest absolute Gasteiger partial charge is 0.412 e. The minimum absolute atomic E-state index is 0. The van der Waals surface area contributed by atoms with Gasteiger partial charge in [-0.25, -0.2) is 0 Å². The van der Waals surface area contributed by atoms with Crippen LogP contribution in [-0.4, -0.2) is 22.3 Å². The van der Waals surface area contributed by atoms with Crippen molar-refractivity contribution in [1.29, 1.82) is 0 Å². The Labute approximate surface area is 78.7 Å². The molecule has 78 valence electrons. The first-order valence-electron chi connectivity index (χ1n) is 3.60. The fraction of sp³-hybridized carbons (Fsp3) is 0.333. The molecule has 0 amide bonds. The second kappa shape index (κ2) is 13.6. The van der Waals surface area contributed by atoms with Crippen molar-refractivity contribution in [2.24, 2.45) is 0 Å². The first kappa shape index (κ1) is 18.0. The van der Waals surface area contributed by atoms with E-state index in [1.54, 1.807) is 6.92 Å². The molecule has 0 saturated carbocycles. The normalized spacial score (nSPS) is 7.00. The molecule has 0 aromatic heterocycles. The zero-order valence-corrected chi connectivity index (χ0v) is 7.90. The van der Waals surface area contributed by atoms with Gasteiger partial charge in [0.05, 0.1) is 6.61 Å². The summed E-state index contributed by atoms with van der Waals surface area (Å²) in [7, 11) is 0. The summed E-state index contributed by atoms with van der Waals surface area (Å²) in [5.41, 5.74) is 0.965. The molecule has 0 fully saturated rings. The molecule has 0 atom stereocenters. The van der Waals surface area contributed by atoms with E-state index in [0.29, 0.717) is 0 Å². The molecule has 0 heterocycles. The summed E-state index contributed by atoms with van der Waals surface area (Å²) < 4.78 is 0. The Morgan fingerprint density at radius 1 is 1.08 bits per heavy atom. The van der Waals surface area contributed by atoms with E-state index in [0.717, 1.165) is 5.56 Å². The SMILES string of the molecule is CCO.N.O.OCc1ccccc1. The molecule has 0 bridgehead atoms. The van der Waals surface area contributed by atoms with Gasteiger partial charge in [-0.2, -0.15) is 0 Å². The smallest absolute Gasteiger partial charge is 0.0681 e. The lowest BCUT2D eigenvalue weighted by Gasteiger charge is -1.89. The van der Waals surface area contributed by atoms with E-state index < -0.39 is 0 Å². The number of aliphatic hydroxyl groups is 2. The van der Waals surface area contributed by atoms with Gasteiger partial charge in [-0.1, -0.05) is 30.3 Å². The van der Waals surface area contributed by atoms with E-state index in [-0.39, 0.29) is 24.8 Å². The predicted octanol–water partition coefficient (Wildman–Crippen LogP) is 0.515. The molecule has 0 saturated heterocycles. The molecular formula is C9H19NO3. The van der Waals surface area contributed by atoms with Gasteiger partial charge in [-0.15, -0.1) is 0 Å². The van der Waals surface area contributed by atoms with Crippen molar-refractivity contribution in [1.82, 2.24) is 6.15 Å². The lowest BCUT2D eigenvalue weighted by atomic mass is 10.2. The highest BCUT2D eigenvalue weighted by Crippen LogP contribution is 1.95. The maximum atomic E-state index is 8.54. The fourth-order valence-corrected chi connectivity index (χ4v) is 0.583. The van der Waals surface area contributed by atoms with Gasteiger partial charge in [0, 0.05) is 6.61 Å². The third-order valence-corrected chi connectivity index (χ3v) is 1.03. The van der Waals surface area contributed by atoms with E-state index in [1.807, 2.05) is 30.3 Å². The van der Waals surface area contributed by atoms with Crippen LogP contribution in [0.5, 0.6) is 0 Å². The van der Waals surface area contributed by atoms with Crippen LogP contribution in [0.1, 0.15) is 12.5 Å². The Morgan fingerprint density at radius 3 is 1.69 bits per heavy atom. The zero-order valence-electron chi connectivity index (χ0n) is 7.90. The molecule has 0 aliphatic rings. The van der Waals surface area contributed by atoms with Gasteiger partial charge in [0.25, 0.3) is 0 Å². The summed E-state index contributed by atoms with van der Waals surface area (Å²) in [6, 6.07) is 9.52. The number of hydrogen-bond donors (Lipinski definition) is 3. The Bertz CT molecular complexity index is 168. The number of aliphatic hydroxyl groups excluding tert-OH is 2. The second-order valence-corrected chi connectivity index (χ2v) is 1.96. The van der Waals surface area contributed by atoms with Crippen LogP contribution in [0.25, 0.3) is 0 Å². The van der Waals surface area contributed by atoms with E-state index in [4.69, 9.17) is 10.2 Å². The van der Waals surface area contributed by atoms with Crippen molar-refractivity contribution >= 4 is 0 Å². The summed E-state index contributed by atoms with van der Waals surface area (Å²) in [6.45, 7) is 2.07. The van der Waals surface area contributed by atoms with E-state index in [2.05, 4.69) is 0 Å². The number of hydrogen-bond acceptors (Lipinski definition) is 3. The van der Waals surface area contributed by atoms with Crippen molar-refractivity contribution < 1.29 is 15.7 Å². The molecule has 4 heteroatoms. The third-order valence-electron chi connectivity index (χ3n) is 1.03. The molecule has 1 aromatic rings. The Kier molecular flexibility index (Phi) is 18.9. The summed E-state index contributed by atoms with van der Waals surface area (Å²) >= 11 is 0. The number of rotatable bonds is 1. The third kappa shape index (κ3) is 11.1. The van der Waals surface area contributed by atoms with Crippen LogP contribution in [0.15, 0.2) is 30.3 Å². The highest BCUT2D eigenvalue weighted by Gasteiger charge is 1.81. The van der Waals surface area contributed by atoms with Crippen LogP contribution < -0.4 is 6.15 Å². The Hall–Kier alpha value is -0.940. The summed E-state index contributed by atoms with van der Waals surface area (Å²) in [5, 5.41) is 16.1. The molecule has 13 heavy (non-hydrogen) atoms. The summed E-state index contributed by atoms with van der Waals surface area (Å²) in [5.74, 6) is 0. The molecule has 7 N–H and O–H groups in total. The zero-order chi connectivity index (χ0) is 8.53. The molecule has 0 unspecified atom stereocenters. The van der Waals surface area contributed by atoms with Gasteiger partial charge in [0.1, 0.15) is 0 Å². The van der Waals surface area contributed by atoms with E-state index in [1.165, 1.54) is 0 Å². The maximum Gasteiger partial charge on any atom is 0.0681 e.